The quantitative estimate of drug-likeness (QED) is 0.834. The molecular formula is C14H19N3O2S. The van der Waals surface area contributed by atoms with Gasteiger partial charge in [0.05, 0.1) is 17.3 Å². The molecule has 3 N–H and O–H groups in total. The van der Waals surface area contributed by atoms with E-state index in [-0.39, 0.29) is 10.6 Å². The van der Waals surface area contributed by atoms with E-state index in [2.05, 4.69) is 4.72 Å². The molecular weight excluding hydrogens is 274 g/mol. The summed E-state index contributed by atoms with van der Waals surface area (Å²) in [6.07, 6.45) is 4.88. The second kappa shape index (κ2) is 5.43. The van der Waals surface area contributed by atoms with Crippen molar-refractivity contribution >= 4 is 15.7 Å². The predicted molar refractivity (Wildman–Crippen MR) is 77.4 cm³/mol. The minimum Gasteiger partial charge on any atom is -0.398 e. The fourth-order valence-electron chi connectivity index (χ4n) is 2.68. The van der Waals surface area contributed by atoms with Gasteiger partial charge in [-0.05, 0) is 38.0 Å². The minimum atomic E-state index is -3.66. The lowest BCUT2D eigenvalue weighted by Gasteiger charge is -2.34. The van der Waals surface area contributed by atoms with Crippen molar-refractivity contribution in [1.82, 2.24) is 4.72 Å². The van der Waals surface area contributed by atoms with Gasteiger partial charge in [-0.2, -0.15) is 5.26 Å². The predicted octanol–water partition coefficient (Wildman–Crippen LogP) is 2.14. The molecule has 0 unspecified atom stereocenters. The fourth-order valence-corrected chi connectivity index (χ4v) is 4.26. The molecule has 0 radical (unpaired) electrons. The Kier molecular flexibility index (Phi) is 4.02. The topological polar surface area (TPSA) is 96.0 Å². The van der Waals surface area contributed by atoms with Crippen molar-refractivity contribution in [3.63, 3.8) is 0 Å². The first kappa shape index (κ1) is 14.8. The first-order chi connectivity index (χ1) is 9.36. The number of hydrogen-bond acceptors (Lipinski definition) is 4. The number of nitriles is 1. The second-order valence-corrected chi connectivity index (χ2v) is 7.24. The van der Waals surface area contributed by atoms with Crippen molar-refractivity contribution in [3.05, 3.63) is 23.8 Å². The third-order valence-corrected chi connectivity index (χ3v) is 5.48. The van der Waals surface area contributed by atoms with Crippen molar-refractivity contribution < 1.29 is 8.42 Å². The molecule has 0 aliphatic heterocycles. The van der Waals surface area contributed by atoms with Crippen LogP contribution < -0.4 is 10.5 Å². The molecule has 1 aliphatic carbocycles. The number of anilines is 1. The molecule has 1 aliphatic rings. The molecule has 0 saturated heterocycles. The molecule has 0 bridgehead atoms. The molecule has 1 aromatic carbocycles. The zero-order valence-electron chi connectivity index (χ0n) is 11.5. The maximum atomic E-state index is 12.5. The lowest BCUT2D eigenvalue weighted by atomic mass is 9.84. The Balaban J connectivity index is 2.29. The standard InChI is InChI=1S/C14H19N3O2S/c1-14(7-3-2-4-8-14)17-20(18,19)13-6-5-11(10-15)9-12(13)16/h5-6,9,17H,2-4,7-8,16H2,1H3. The van der Waals surface area contributed by atoms with Crippen LogP contribution >= 0.6 is 0 Å². The van der Waals surface area contributed by atoms with E-state index in [0.717, 1.165) is 32.1 Å². The number of nitrogens with one attached hydrogen (secondary N) is 1. The maximum absolute atomic E-state index is 12.5. The van der Waals surface area contributed by atoms with Crippen LogP contribution in [0.4, 0.5) is 5.69 Å². The van der Waals surface area contributed by atoms with Crippen LogP contribution in [-0.4, -0.2) is 14.0 Å². The highest BCUT2D eigenvalue weighted by Crippen LogP contribution is 2.30. The molecule has 20 heavy (non-hydrogen) atoms. The Labute approximate surface area is 119 Å². The summed E-state index contributed by atoms with van der Waals surface area (Å²) >= 11 is 0. The molecule has 2 rings (SSSR count). The highest BCUT2D eigenvalue weighted by molar-refractivity contribution is 7.89. The number of nitrogen functional groups attached to an aromatic ring is 1. The summed E-state index contributed by atoms with van der Waals surface area (Å²) in [5.41, 5.74) is 5.82. The summed E-state index contributed by atoms with van der Waals surface area (Å²) in [7, 11) is -3.66. The van der Waals surface area contributed by atoms with Crippen LogP contribution in [-0.2, 0) is 10.0 Å². The van der Waals surface area contributed by atoms with Gasteiger partial charge in [0.25, 0.3) is 0 Å². The zero-order valence-corrected chi connectivity index (χ0v) is 12.3. The van der Waals surface area contributed by atoms with E-state index in [1.54, 1.807) is 0 Å². The van der Waals surface area contributed by atoms with E-state index in [1.165, 1.54) is 18.2 Å². The summed E-state index contributed by atoms with van der Waals surface area (Å²) in [5.74, 6) is 0. The zero-order chi connectivity index (χ0) is 14.8. The summed E-state index contributed by atoms with van der Waals surface area (Å²) in [6, 6.07) is 6.18. The Morgan fingerprint density at radius 2 is 1.95 bits per heavy atom. The largest absolute Gasteiger partial charge is 0.398 e. The summed E-state index contributed by atoms with van der Waals surface area (Å²) in [5, 5.41) is 8.79. The number of nitrogens with zero attached hydrogens (tertiary/aromatic N) is 1. The molecule has 0 spiro atoms. The van der Waals surface area contributed by atoms with Crippen LogP contribution in [0.1, 0.15) is 44.6 Å². The highest BCUT2D eigenvalue weighted by Gasteiger charge is 2.32. The van der Waals surface area contributed by atoms with Gasteiger partial charge in [0.15, 0.2) is 0 Å². The number of hydrogen-bond donors (Lipinski definition) is 2. The fraction of sp³-hybridized carbons (Fsp3) is 0.500. The number of benzene rings is 1. The van der Waals surface area contributed by atoms with Gasteiger partial charge < -0.3 is 5.73 Å². The van der Waals surface area contributed by atoms with Crippen LogP contribution in [0.3, 0.4) is 0 Å². The van der Waals surface area contributed by atoms with Crippen molar-refractivity contribution in [3.8, 4) is 6.07 Å². The second-order valence-electron chi connectivity index (χ2n) is 5.59. The van der Waals surface area contributed by atoms with E-state index in [9.17, 15) is 8.42 Å². The van der Waals surface area contributed by atoms with E-state index < -0.39 is 15.6 Å². The minimum absolute atomic E-state index is 0.0447. The average molecular weight is 293 g/mol. The van der Waals surface area contributed by atoms with Crippen LogP contribution in [0.5, 0.6) is 0 Å². The van der Waals surface area contributed by atoms with Gasteiger partial charge in [-0.25, -0.2) is 13.1 Å². The lowest BCUT2D eigenvalue weighted by Crippen LogP contribution is -2.47. The lowest BCUT2D eigenvalue weighted by molar-refractivity contribution is 0.294. The van der Waals surface area contributed by atoms with Gasteiger partial charge in [-0.3, -0.25) is 0 Å². The van der Waals surface area contributed by atoms with Gasteiger partial charge in [-0.1, -0.05) is 19.3 Å². The van der Waals surface area contributed by atoms with Crippen LogP contribution in [0.25, 0.3) is 0 Å². The third-order valence-electron chi connectivity index (χ3n) is 3.77. The smallest absolute Gasteiger partial charge is 0.243 e. The number of nitrogens with two attached hydrogens (primary N) is 1. The van der Waals surface area contributed by atoms with Crippen molar-refractivity contribution in [2.24, 2.45) is 0 Å². The average Bonchev–Trinajstić information content (AvgIpc) is 2.37. The van der Waals surface area contributed by atoms with E-state index in [0.29, 0.717) is 5.56 Å². The number of sulfonamides is 1. The summed E-state index contributed by atoms with van der Waals surface area (Å²) < 4.78 is 27.7. The van der Waals surface area contributed by atoms with E-state index in [1.807, 2.05) is 13.0 Å². The maximum Gasteiger partial charge on any atom is 0.243 e. The van der Waals surface area contributed by atoms with E-state index >= 15 is 0 Å². The van der Waals surface area contributed by atoms with Crippen LogP contribution in [0.2, 0.25) is 0 Å². The molecule has 6 heteroatoms. The monoisotopic (exact) mass is 293 g/mol. The highest BCUT2D eigenvalue weighted by atomic mass is 32.2. The van der Waals surface area contributed by atoms with Crippen molar-refractivity contribution in [2.45, 2.75) is 49.5 Å². The van der Waals surface area contributed by atoms with Crippen molar-refractivity contribution in [1.29, 1.82) is 5.26 Å². The van der Waals surface area contributed by atoms with Gasteiger partial charge in [0, 0.05) is 5.54 Å². The third kappa shape index (κ3) is 3.11. The molecule has 0 amide bonds. The van der Waals surface area contributed by atoms with Gasteiger partial charge in [-0.15, -0.1) is 0 Å². The Morgan fingerprint density at radius 3 is 2.50 bits per heavy atom. The molecule has 1 saturated carbocycles. The van der Waals surface area contributed by atoms with Gasteiger partial charge >= 0.3 is 0 Å². The Hall–Kier alpha value is -1.58. The first-order valence-electron chi connectivity index (χ1n) is 6.70. The van der Waals surface area contributed by atoms with Crippen LogP contribution in [0.15, 0.2) is 23.1 Å². The molecule has 108 valence electrons. The SMILES string of the molecule is CC1(NS(=O)(=O)c2ccc(C#N)cc2N)CCCCC1. The summed E-state index contributed by atoms with van der Waals surface area (Å²) in [6.45, 7) is 1.93. The number of rotatable bonds is 3. The molecule has 0 atom stereocenters. The Bertz CT molecular complexity index is 641. The normalized spacial score (nSPS) is 18.4. The molecule has 1 aromatic rings. The molecule has 5 nitrogen and oxygen atoms in total. The first-order valence-corrected chi connectivity index (χ1v) is 8.18. The Morgan fingerprint density at radius 1 is 1.30 bits per heavy atom. The van der Waals surface area contributed by atoms with Crippen molar-refractivity contribution in [2.75, 3.05) is 5.73 Å². The molecule has 0 aromatic heterocycles. The van der Waals surface area contributed by atoms with E-state index in [4.69, 9.17) is 11.0 Å². The van der Waals surface area contributed by atoms with Crippen LogP contribution in [0, 0.1) is 11.3 Å². The van der Waals surface area contributed by atoms with Gasteiger partial charge in [0.2, 0.25) is 10.0 Å². The summed E-state index contributed by atoms with van der Waals surface area (Å²) in [4.78, 5) is 0.0447. The molecule has 0 heterocycles. The molecule has 1 fully saturated rings. The van der Waals surface area contributed by atoms with Gasteiger partial charge in [0.1, 0.15) is 4.90 Å².